The summed E-state index contributed by atoms with van der Waals surface area (Å²) in [4.78, 5) is 29.3. The molecule has 47 heavy (non-hydrogen) atoms. The second-order valence-corrected chi connectivity index (χ2v) is 14.3. The molecule has 2 atom stereocenters. The maximum Gasteiger partial charge on any atom is 0.222 e. The zero-order chi connectivity index (χ0) is 32.7. The normalized spacial score (nSPS) is 19.0. The molecule has 2 unspecified atom stereocenters. The van der Waals surface area contributed by atoms with Gasteiger partial charge in [0.25, 0.3) is 0 Å². The molecule has 2 fully saturated rings. The first kappa shape index (κ1) is 35.0. The van der Waals surface area contributed by atoms with Crippen LogP contribution < -0.4 is 11.1 Å². The molecule has 252 valence electrons. The predicted molar refractivity (Wildman–Crippen MR) is 193 cm³/mol. The Hall–Kier alpha value is -3.28. The first-order valence-corrected chi connectivity index (χ1v) is 18.5. The van der Waals surface area contributed by atoms with Crippen molar-refractivity contribution in [1.29, 1.82) is 0 Å². The average Bonchev–Trinajstić information content (AvgIpc) is 3.08. The van der Waals surface area contributed by atoms with Crippen molar-refractivity contribution < 1.29 is 9.59 Å². The number of hydrogen-bond acceptors (Lipinski definition) is 4. The smallest absolute Gasteiger partial charge is 0.222 e. The molecule has 3 aromatic carbocycles. The van der Waals surface area contributed by atoms with Crippen LogP contribution in [0.4, 0.5) is 0 Å². The summed E-state index contributed by atoms with van der Waals surface area (Å²) in [5.41, 5.74) is 9.02. The van der Waals surface area contributed by atoms with Crippen LogP contribution in [0.25, 0.3) is 0 Å². The average molecular weight is 636 g/mol. The Kier molecular flexibility index (Phi) is 13.7. The van der Waals surface area contributed by atoms with E-state index in [2.05, 4.69) is 46.6 Å². The van der Waals surface area contributed by atoms with Gasteiger partial charge in [0.05, 0.1) is 11.6 Å². The molecular formula is C42H57N3O2. The Morgan fingerprint density at radius 1 is 0.723 bits per heavy atom. The fourth-order valence-corrected chi connectivity index (χ4v) is 8.23. The third-order valence-electron chi connectivity index (χ3n) is 10.7. The molecule has 1 aliphatic carbocycles. The van der Waals surface area contributed by atoms with Gasteiger partial charge in [0.1, 0.15) is 5.78 Å². The zero-order valence-electron chi connectivity index (χ0n) is 28.5. The van der Waals surface area contributed by atoms with Gasteiger partial charge < -0.3 is 16.0 Å². The maximum absolute atomic E-state index is 13.7. The van der Waals surface area contributed by atoms with Crippen LogP contribution in [-0.2, 0) is 15.0 Å². The quantitative estimate of drug-likeness (QED) is 0.0999. The highest BCUT2D eigenvalue weighted by atomic mass is 16.1. The number of Topliss-reactive ketones (excluding diaryl/α,β-unsaturated/α-hetero) is 1. The number of likely N-dealkylation sites (tertiary alicyclic amines) is 1. The summed E-state index contributed by atoms with van der Waals surface area (Å²) in [6.45, 7) is 3.53. The second-order valence-electron chi connectivity index (χ2n) is 14.3. The number of ketones is 1. The van der Waals surface area contributed by atoms with E-state index in [1.165, 1.54) is 70.9 Å². The molecule has 1 aliphatic heterocycles. The number of amides is 1. The van der Waals surface area contributed by atoms with Gasteiger partial charge in [0, 0.05) is 32.4 Å². The summed E-state index contributed by atoms with van der Waals surface area (Å²) >= 11 is 0. The van der Waals surface area contributed by atoms with Gasteiger partial charge in [-0.05, 0) is 80.0 Å². The van der Waals surface area contributed by atoms with Gasteiger partial charge >= 0.3 is 0 Å². The molecule has 0 aromatic heterocycles. The number of rotatable bonds is 15. The highest BCUT2D eigenvalue weighted by Crippen LogP contribution is 2.42. The molecule has 1 saturated heterocycles. The van der Waals surface area contributed by atoms with E-state index in [9.17, 15) is 9.59 Å². The fourth-order valence-electron chi connectivity index (χ4n) is 8.23. The Morgan fingerprint density at radius 2 is 1.26 bits per heavy atom. The minimum Gasteiger partial charge on any atom is -0.341 e. The Bertz CT molecular complexity index is 1240. The van der Waals surface area contributed by atoms with Gasteiger partial charge in [-0.2, -0.15) is 0 Å². The Labute approximate surface area is 283 Å². The lowest BCUT2D eigenvalue weighted by Crippen LogP contribution is -2.45. The van der Waals surface area contributed by atoms with E-state index in [1.54, 1.807) is 0 Å². The van der Waals surface area contributed by atoms with E-state index in [0.29, 0.717) is 31.0 Å². The minimum absolute atomic E-state index is 0.0774. The number of piperidine rings is 1. The summed E-state index contributed by atoms with van der Waals surface area (Å²) in [6, 6.07) is 30.9. The zero-order valence-corrected chi connectivity index (χ0v) is 28.5. The molecule has 1 saturated carbocycles. The monoisotopic (exact) mass is 635 g/mol. The summed E-state index contributed by atoms with van der Waals surface area (Å²) in [5, 5.41) is 3.09. The Morgan fingerprint density at radius 3 is 1.83 bits per heavy atom. The number of nitrogens with one attached hydrogen (secondary N) is 1. The van der Waals surface area contributed by atoms with Gasteiger partial charge in [0.15, 0.2) is 0 Å². The molecular weight excluding hydrogens is 578 g/mol. The number of carbonyl (C=O) groups is 2. The first-order valence-electron chi connectivity index (χ1n) is 18.5. The summed E-state index contributed by atoms with van der Waals surface area (Å²) in [7, 11) is 0. The van der Waals surface area contributed by atoms with E-state index < -0.39 is 11.6 Å². The third kappa shape index (κ3) is 10.4. The van der Waals surface area contributed by atoms with Crippen LogP contribution in [-0.4, -0.2) is 42.4 Å². The largest absolute Gasteiger partial charge is 0.341 e. The van der Waals surface area contributed by atoms with E-state index in [4.69, 9.17) is 5.73 Å². The maximum atomic E-state index is 13.7. The van der Waals surface area contributed by atoms with Crippen molar-refractivity contribution in [2.24, 2.45) is 17.6 Å². The highest BCUT2D eigenvalue weighted by molar-refractivity contribution is 5.80. The molecule has 0 radical (unpaired) electrons. The van der Waals surface area contributed by atoms with E-state index in [-0.39, 0.29) is 12.3 Å². The standard InChI is InChI=1S/C42H57N3O2/c43-40(28-16-15-27-39(46)30-35-20-17-29-45(33-35)32-34-18-7-2-1-3-8-19-34)44-41(47)31-42(36-21-9-4-10-22-36,37-23-11-5-12-24-37)38-25-13-6-14-26-38/h4-6,9-14,21-26,34-35,40H,1-3,7-8,15-20,27-33,43H2,(H,44,47). The molecule has 3 N–H and O–H groups in total. The summed E-state index contributed by atoms with van der Waals surface area (Å²) < 4.78 is 0. The molecule has 0 bridgehead atoms. The van der Waals surface area contributed by atoms with Gasteiger partial charge in [-0.15, -0.1) is 0 Å². The topological polar surface area (TPSA) is 75.4 Å². The van der Waals surface area contributed by atoms with Crippen LogP contribution in [0.15, 0.2) is 91.0 Å². The first-order chi connectivity index (χ1) is 23.0. The molecule has 0 spiro atoms. The summed E-state index contributed by atoms with van der Waals surface area (Å²) in [5.74, 6) is 1.66. The van der Waals surface area contributed by atoms with E-state index in [0.717, 1.165) is 42.0 Å². The lowest BCUT2D eigenvalue weighted by atomic mass is 9.67. The minimum atomic E-state index is -0.649. The molecule has 5 rings (SSSR count). The molecule has 5 nitrogen and oxygen atoms in total. The van der Waals surface area contributed by atoms with Crippen LogP contribution in [0.1, 0.15) is 113 Å². The Balaban J connectivity index is 1.09. The SMILES string of the molecule is NC(CCCCC(=O)CC1CCCN(CC2CCCCCCC2)C1)NC(=O)CC(c1ccccc1)(c1ccccc1)c1ccccc1. The molecule has 1 amide bonds. The number of hydrogen-bond donors (Lipinski definition) is 2. The van der Waals surface area contributed by atoms with E-state index in [1.807, 2.05) is 54.6 Å². The number of carbonyl (C=O) groups excluding carboxylic acids is 2. The van der Waals surface area contributed by atoms with Crippen molar-refractivity contribution in [3.63, 3.8) is 0 Å². The van der Waals surface area contributed by atoms with Crippen molar-refractivity contribution in [2.45, 2.75) is 108 Å². The van der Waals surface area contributed by atoms with Crippen molar-refractivity contribution >= 4 is 11.7 Å². The van der Waals surface area contributed by atoms with Crippen LogP contribution >= 0.6 is 0 Å². The third-order valence-corrected chi connectivity index (χ3v) is 10.7. The van der Waals surface area contributed by atoms with E-state index >= 15 is 0 Å². The van der Waals surface area contributed by atoms with Crippen LogP contribution in [0, 0.1) is 11.8 Å². The second kappa shape index (κ2) is 18.3. The fraction of sp³-hybridized carbons (Fsp3) is 0.524. The van der Waals surface area contributed by atoms with Crippen molar-refractivity contribution in [2.75, 3.05) is 19.6 Å². The number of unbranched alkanes of at least 4 members (excludes halogenated alkanes) is 1. The number of nitrogens with zero attached hydrogens (tertiary/aromatic N) is 1. The van der Waals surface area contributed by atoms with Crippen LogP contribution in [0.2, 0.25) is 0 Å². The highest BCUT2D eigenvalue weighted by Gasteiger charge is 2.38. The molecule has 5 heteroatoms. The van der Waals surface area contributed by atoms with Crippen molar-refractivity contribution in [3.05, 3.63) is 108 Å². The van der Waals surface area contributed by atoms with Crippen molar-refractivity contribution in [3.8, 4) is 0 Å². The van der Waals surface area contributed by atoms with Crippen LogP contribution in [0.3, 0.4) is 0 Å². The lowest BCUT2D eigenvalue weighted by Gasteiger charge is -2.36. The lowest BCUT2D eigenvalue weighted by molar-refractivity contribution is -0.123. The molecule has 2 aliphatic rings. The van der Waals surface area contributed by atoms with Crippen LogP contribution in [0.5, 0.6) is 0 Å². The van der Waals surface area contributed by atoms with Crippen molar-refractivity contribution in [1.82, 2.24) is 10.2 Å². The van der Waals surface area contributed by atoms with Gasteiger partial charge in [-0.3, -0.25) is 9.59 Å². The van der Waals surface area contributed by atoms with Gasteiger partial charge in [-0.1, -0.05) is 123 Å². The molecule has 3 aromatic rings. The van der Waals surface area contributed by atoms with Gasteiger partial charge in [0.2, 0.25) is 5.91 Å². The number of nitrogens with two attached hydrogens (primary N) is 1. The molecule has 1 heterocycles. The van der Waals surface area contributed by atoms with Gasteiger partial charge in [-0.25, -0.2) is 0 Å². The predicted octanol–water partition coefficient (Wildman–Crippen LogP) is 8.40. The summed E-state index contributed by atoms with van der Waals surface area (Å²) in [6.07, 6.45) is 15.6. The number of benzene rings is 3.